The van der Waals surface area contributed by atoms with Gasteiger partial charge in [-0.15, -0.1) is 0 Å². The Morgan fingerprint density at radius 1 is 1.33 bits per heavy atom. The Labute approximate surface area is 90.1 Å². The van der Waals surface area contributed by atoms with Crippen LogP contribution < -0.4 is 5.73 Å². The van der Waals surface area contributed by atoms with Crippen molar-refractivity contribution in [2.45, 2.75) is 32.6 Å². The van der Waals surface area contributed by atoms with Gasteiger partial charge in [-0.05, 0) is 30.7 Å². The van der Waals surface area contributed by atoms with Gasteiger partial charge in [0.2, 0.25) is 0 Å². The highest BCUT2D eigenvalue weighted by Gasteiger charge is 2.10. The smallest absolute Gasteiger partial charge is 0.134 e. The summed E-state index contributed by atoms with van der Waals surface area (Å²) in [5, 5.41) is 1.10. The zero-order valence-corrected chi connectivity index (χ0v) is 9.29. The summed E-state index contributed by atoms with van der Waals surface area (Å²) in [5.74, 6) is 1.56. The first-order valence-corrected chi connectivity index (χ1v) is 5.49. The van der Waals surface area contributed by atoms with Gasteiger partial charge in [-0.3, -0.25) is 0 Å². The number of anilines is 1. The molecule has 2 aromatic rings. The molecule has 0 spiro atoms. The number of fused-ring (bicyclic) bond motifs is 1. The van der Waals surface area contributed by atoms with Crippen LogP contribution in [0, 0.1) is 0 Å². The van der Waals surface area contributed by atoms with Crippen LogP contribution in [0.1, 0.15) is 38.4 Å². The third-order valence-corrected chi connectivity index (χ3v) is 2.77. The van der Waals surface area contributed by atoms with Crippen LogP contribution in [-0.4, -0.2) is 0 Å². The molecule has 1 heterocycles. The third-order valence-electron chi connectivity index (χ3n) is 2.77. The van der Waals surface area contributed by atoms with Crippen molar-refractivity contribution in [3.05, 3.63) is 30.0 Å². The van der Waals surface area contributed by atoms with E-state index in [9.17, 15) is 0 Å². The summed E-state index contributed by atoms with van der Waals surface area (Å²) in [7, 11) is 0. The van der Waals surface area contributed by atoms with Gasteiger partial charge in [0.15, 0.2) is 0 Å². The molecule has 0 bridgehead atoms. The second kappa shape index (κ2) is 3.97. The highest BCUT2D eigenvalue weighted by molar-refractivity contribution is 5.81. The molecule has 0 aliphatic heterocycles. The molecule has 0 amide bonds. The number of furan rings is 1. The van der Waals surface area contributed by atoms with Crippen LogP contribution in [0.2, 0.25) is 0 Å². The van der Waals surface area contributed by atoms with E-state index in [0.29, 0.717) is 5.92 Å². The highest BCUT2D eigenvalue weighted by atomic mass is 16.3. The fraction of sp³-hybridized carbons (Fsp3) is 0.385. The van der Waals surface area contributed by atoms with E-state index in [1.807, 2.05) is 18.2 Å². The number of benzene rings is 1. The topological polar surface area (TPSA) is 39.2 Å². The van der Waals surface area contributed by atoms with Crippen molar-refractivity contribution in [3.8, 4) is 0 Å². The van der Waals surface area contributed by atoms with Crippen LogP contribution in [0.15, 0.2) is 28.7 Å². The minimum atomic E-state index is 0.489. The zero-order chi connectivity index (χ0) is 10.8. The molecule has 15 heavy (non-hydrogen) atoms. The van der Waals surface area contributed by atoms with Crippen molar-refractivity contribution in [1.29, 1.82) is 0 Å². The van der Waals surface area contributed by atoms with E-state index in [0.717, 1.165) is 28.8 Å². The lowest BCUT2D eigenvalue weighted by molar-refractivity contribution is 0.486. The fourth-order valence-corrected chi connectivity index (χ4v) is 1.90. The number of hydrogen-bond donors (Lipinski definition) is 1. The first-order chi connectivity index (χ1) is 7.20. The highest BCUT2D eigenvalue weighted by Crippen LogP contribution is 2.28. The molecule has 0 aliphatic carbocycles. The van der Waals surface area contributed by atoms with Gasteiger partial charge in [-0.1, -0.05) is 20.3 Å². The van der Waals surface area contributed by atoms with Gasteiger partial charge in [0, 0.05) is 17.0 Å². The molecule has 0 radical (unpaired) electrons. The maximum absolute atomic E-state index is 5.78. The lowest BCUT2D eigenvalue weighted by Crippen LogP contribution is -1.88. The molecule has 1 unspecified atom stereocenters. The van der Waals surface area contributed by atoms with Gasteiger partial charge in [-0.2, -0.15) is 0 Å². The van der Waals surface area contributed by atoms with Crippen LogP contribution in [0.4, 0.5) is 5.69 Å². The largest absolute Gasteiger partial charge is 0.461 e. The minimum Gasteiger partial charge on any atom is -0.461 e. The molecule has 2 heteroatoms. The first-order valence-electron chi connectivity index (χ1n) is 5.49. The van der Waals surface area contributed by atoms with Crippen LogP contribution in [-0.2, 0) is 0 Å². The van der Waals surface area contributed by atoms with E-state index >= 15 is 0 Å². The summed E-state index contributed by atoms with van der Waals surface area (Å²) in [4.78, 5) is 0. The summed E-state index contributed by atoms with van der Waals surface area (Å²) in [6.45, 7) is 4.39. The quantitative estimate of drug-likeness (QED) is 0.768. The summed E-state index contributed by atoms with van der Waals surface area (Å²) in [5.41, 5.74) is 7.45. The molecule has 1 aromatic heterocycles. The van der Waals surface area contributed by atoms with Gasteiger partial charge < -0.3 is 10.2 Å². The molecule has 2 rings (SSSR count). The van der Waals surface area contributed by atoms with Gasteiger partial charge >= 0.3 is 0 Å². The van der Waals surface area contributed by atoms with Crippen molar-refractivity contribution >= 4 is 16.7 Å². The fourth-order valence-electron chi connectivity index (χ4n) is 1.90. The van der Waals surface area contributed by atoms with Gasteiger partial charge in [-0.25, -0.2) is 0 Å². The van der Waals surface area contributed by atoms with E-state index in [1.54, 1.807) is 0 Å². The number of hydrogen-bond acceptors (Lipinski definition) is 2. The monoisotopic (exact) mass is 203 g/mol. The second-order valence-corrected chi connectivity index (χ2v) is 4.14. The Morgan fingerprint density at radius 2 is 2.13 bits per heavy atom. The molecule has 80 valence electrons. The van der Waals surface area contributed by atoms with Gasteiger partial charge in [0.25, 0.3) is 0 Å². The van der Waals surface area contributed by atoms with Crippen LogP contribution >= 0.6 is 0 Å². The summed E-state index contributed by atoms with van der Waals surface area (Å²) < 4.78 is 5.78. The molecular weight excluding hydrogens is 186 g/mol. The summed E-state index contributed by atoms with van der Waals surface area (Å²) >= 11 is 0. The Bertz CT molecular complexity index is 459. The Hall–Kier alpha value is -1.44. The molecule has 0 fully saturated rings. The van der Waals surface area contributed by atoms with Crippen molar-refractivity contribution in [2.24, 2.45) is 0 Å². The molecule has 2 nitrogen and oxygen atoms in total. The predicted octanol–water partition coefficient (Wildman–Crippen LogP) is 3.92. The van der Waals surface area contributed by atoms with Crippen LogP contribution in [0.3, 0.4) is 0 Å². The predicted molar refractivity (Wildman–Crippen MR) is 63.9 cm³/mol. The van der Waals surface area contributed by atoms with E-state index in [2.05, 4.69) is 19.9 Å². The SMILES string of the molecule is CCCC(C)c1cc2cc(N)ccc2o1. The van der Waals surface area contributed by atoms with Crippen molar-refractivity contribution < 1.29 is 4.42 Å². The summed E-state index contributed by atoms with van der Waals surface area (Å²) in [6.07, 6.45) is 2.34. The van der Waals surface area contributed by atoms with Crippen LogP contribution in [0.25, 0.3) is 11.0 Å². The molecular formula is C13H17NO. The van der Waals surface area contributed by atoms with Gasteiger partial charge in [0.05, 0.1) is 0 Å². The van der Waals surface area contributed by atoms with E-state index in [1.165, 1.54) is 6.42 Å². The number of rotatable bonds is 3. The maximum Gasteiger partial charge on any atom is 0.134 e. The average molecular weight is 203 g/mol. The molecule has 1 aromatic carbocycles. The van der Waals surface area contributed by atoms with E-state index in [4.69, 9.17) is 10.2 Å². The molecule has 0 saturated carbocycles. The molecule has 0 aliphatic rings. The Balaban J connectivity index is 2.38. The van der Waals surface area contributed by atoms with E-state index < -0.39 is 0 Å². The minimum absolute atomic E-state index is 0.489. The lowest BCUT2D eigenvalue weighted by Gasteiger charge is -2.04. The third kappa shape index (κ3) is 1.99. The summed E-state index contributed by atoms with van der Waals surface area (Å²) in [6, 6.07) is 7.87. The maximum atomic E-state index is 5.78. The Kier molecular flexibility index (Phi) is 2.67. The first kappa shape index (κ1) is 10.1. The lowest BCUT2D eigenvalue weighted by atomic mass is 10.0. The second-order valence-electron chi connectivity index (χ2n) is 4.14. The zero-order valence-electron chi connectivity index (χ0n) is 9.29. The van der Waals surface area contributed by atoms with Crippen molar-refractivity contribution in [2.75, 3.05) is 5.73 Å². The molecule has 1 atom stereocenters. The Morgan fingerprint density at radius 3 is 2.87 bits per heavy atom. The number of nitrogens with two attached hydrogens (primary N) is 1. The molecule has 0 saturated heterocycles. The van der Waals surface area contributed by atoms with Crippen molar-refractivity contribution in [3.63, 3.8) is 0 Å². The van der Waals surface area contributed by atoms with Gasteiger partial charge in [0.1, 0.15) is 11.3 Å². The van der Waals surface area contributed by atoms with Crippen LogP contribution in [0.5, 0.6) is 0 Å². The number of nitrogen functional groups attached to an aromatic ring is 1. The standard InChI is InChI=1S/C13H17NO/c1-3-4-9(2)13-8-10-7-11(14)5-6-12(10)15-13/h5-9H,3-4,14H2,1-2H3. The average Bonchev–Trinajstić information content (AvgIpc) is 2.60. The molecule has 2 N–H and O–H groups in total. The van der Waals surface area contributed by atoms with Crippen molar-refractivity contribution in [1.82, 2.24) is 0 Å². The van der Waals surface area contributed by atoms with E-state index in [-0.39, 0.29) is 0 Å². The normalized spacial score (nSPS) is 13.2.